The van der Waals surface area contributed by atoms with Gasteiger partial charge in [0, 0.05) is 6.07 Å². The molecule has 1 aromatic heterocycles. The number of rotatable bonds is 6. The summed E-state index contributed by atoms with van der Waals surface area (Å²) in [6, 6.07) is 21.4. The van der Waals surface area contributed by atoms with E-state index in [1.807, 2.05) is 60.7 Å². The van der Waals surface area contributed by atoms with Gasteiger partial charge in [0.1, 0.15) is 5.82 Å². The number of carbonyl (C=O) groups excluding carboxylic acids is 1. The molecular formula is C21H23N5O2. The minimum absolute atomic E-state index is 0.122. The molecule has 0 aliphatic rings. The largest absolute Gasteiger partial charge is 0.450 e. The molecule has 28 heavy (non-hydrogen) atoms. The number of benzene rings is 2. The van der Waals surface area contributed by atoms with Crippen molar-refractivity contribution in [1.82, 2.24) is 4.98 Å². The molecule has 6 N–H and O–H groups in total. The van der Waals surface area contributed by atoms with Crippen molar-refractivity contribution in [3.05, 3.63) is 77.9 Å². The number of ether oxygens (including phenoxy) is 1. The Hall–Kier alpha value is -3.74. The zero-order valence-corrected chi connectivity index (χ0v) is 15.6. The molecule has 1 heterocycles. The Kier molecular flexibility index (Phi) is 5.96. The summed E-state index contributed by atoms with van der Waals surface area (Å²) in [6.07, 6.45) is -0.604. The molecule has 7 heteroatoms. The van der Waals surface area contributed by atoms with E-state index in [0.717, 1.165) is 11.1 Å². The summed E-state index contributed by atoms with van der Waals surface area (Å²) < 4.78 is 4.89. The molecule has 3 aromatic rings. The lowest BCUT2D eigenvalue weighted by molar-refractivity contribution is 0.168. The van der Waals surface area contributed by atoms with Gasteiger partial charge in [-0.25, -0.2) is 9.78 Å². The molecular weight excluding hydrogens is 354 g/mol. The number of amides is 1. The normalized spacial score (nSPS) is 10.5. The molecule has 0 radical (unpaired) electrons. The molecule has 144 valence electrons. The fraction of sp³-hybridized carbons (Fsp3) is 0.143. The SMILES string of the molecule is CCOC(=O)Nc1cc(NC(c2ccccc2)c2ccccc2)c(N)c(N)n1. The number of pyridine rings is 1. The third-order valence-electron chi connectivity index (χ3n) is 4.16. The van der Waals surface area contributed by atoms with Gasteiger partial charge in [0.2, 0.25) is 0 Å². The van der Waals surface area contributed by atoms with Crippen LogP contribution in [0.5, 0.6) is 0 Å². The van der Waals surface area contributed by atoms with Crippen molar-refractivity contribution in [3.8, 4) is 0 Å². The van der Waals surface area contributed by atoms with E-state index in [0.29, 0.717) is 11.4 Å². The molecule has 0 aliphatic heterocycles. The van der Waals surface area contributed by atoms with Crippen LogP contribution in [0.1, 0.15) is 24.1 Å². The zero-order valence-electron chi connectivity index (χ0n) is 15.6. The summed E-state index contributed by atoms with van der Waals surface area (Å²) in [5.41, 5.74) is 15.1. The molecule has 1 amide bonds. The number of nitrogens with two attached hydrogens (primary N) is 2. The van der Waals surface area contributed by atoms with Crippen LogP contribution < -0.4 is 22.1 Å². The predicted molar refractivity (Wildman–Crippen MR) is 112 cm³/mol. The first-order valence-corrected chi connectivity index (χ1v) is 8.94. The maximum atomic E-state index is 11.7. The second-order valence-electron chi connectivity index (χ2n) is 6.10. The first-order chi connectivity index (χ1) is 13.6. The van der Waals surface area contributed by atoms with Crippen LogP contribution in [0.15, 0.2) is 66.7 Å². The number of nitrogens with zero attached hydrogens (tertiary/aromatic N) is 1. The number of anilines is 4. The van der Waals surface area contributed by atoms with E-state index in [4.69, 9.17) is 16.2 Å². The van der Waals surface area contributed by atoms with Gasteiger partial charge >= 0.3 is 6.09 Å². The van der Waals surface area contributed by atoms with Crippen LogP contribution in [-0.2, 0) is 4.74 Å². The molecule has 0 saturated heterocycles. The van der Waals surface area contributed by atoms with Gasteiger partial charge in [0.15, 0.2) is 5.82 Å². The minimum Gasteiger partial charge on any atom is -0.450 e. The summed E-state index contributed by atoms with van der Waals surface area (Å²) in [5.74, 6) is 0.379. The first-order valence-electron chi connectivity index (χ1n) is 8.94. The van der Waals surface area contributed by atoms with E-state index in [2.05, 4.69) is 15.6 Å². The molecule has 0 unspecified atom stereocenters. The molecule has 3 rings (SSSR count). The lowest BCUT2D eigenvalue weighted by atomic mass is 9.98. The highest BCUT2D eigenvalue weighted by atomic mass is 16.5. The van der Waals surface area contributed by atoms with Crippen LogP contribution in [0.2, 0.25) is 0 Å². The van der Waals surface area contributed by atoms with Gasteiger partial charge in [-0.05, 0) is 18.1 Å². The average Bonchev–Trinajstić information content (AvgIpc) is 2.71. The van der Waals surface area contributed by atoms with E-state index < -0.39 is 6.09 Å². The third kappa shape index (κ3) is 4.50. The highest BCUT2D eigenvalue weighted by Gasteiger charge is 2.17. The van der Waals surface area contributed by atoms with Crippen molar-refractivity contribution in [1.29, 1.82) is 0 Å². The first kappa shape index (κ1) is 19.0. The highest BCUT2D eigenvalue weighted by molar-refractivity contribution is 5.87. The fourth-order valence-corrected chi connectivity index (χ4v) is 2.84. The van der Waals surface area contributed by atoms with E-state index >= 15 is 0 Å². The van der Waals surface area contributed by atoms with Gasteiger partial charge in [-0.15, -0.1) is 0 Å². The Bertz CT molecular complexity index is 893. The van der Waals surface area contributed by atoms with E-state index in [-0.39, 0.29) is 24.3 Å². The van der Waals surface area contributed by atoms with Crippen LogP contribution in [-0.4, -0.2) is 17.7 Å². The minimum atomic E-state index is -0.604. The van der Waals surface area contributed by atoms with Crippen LogP contribution in [0.3, 0.4) is 0 Å². The molecule has 0 spiro atoms. The van der Waals surface area contributed by atoms with Crippen LogP contribution in [0.25, 0.3) is 0 Å². The summed E-state index contributed by atoms with van der Waals surface area (Å²) in [4.78, 5) is 15.8. The van der Waals surface area contributed by atoms with Crippen molar-refractivity contribution in [2.24, 2.45) is 0 Å². The second kappa shape index (κ2) is 8.77. The molecule has 0 atom stereocenters. The number of hydrogen-bond acceptors (Lipinski definition) is 6. The topological polar surface area (TPSA) is 115 Å². The smallest absolute Gasteiger partial charge is 0.412 e. The number of carbonyl (C=O) groups is 1. The molecule has 0 saturated carbocycles. The van der Waals surface area contributed by atoms with Crippen LogP contribution in [0.4, 0.5) is 27.8 Å². The molecule has 0 bridgehead atoms. The molecule has 0 fully saturated rings. The zero-order chi connectivity index (χ0) is 19.9. The van der Waals surface area contributed by atoms with Gasteiger partial charge < -0.3 is 21.5 Å². The van der Waals surface area contributed by atoms with Crippen LogP contribution in [0, 0.1) is 0 Å². The van der Waals surface area contributed by atoms with Crippen molar-refractivity contribution in [2.45, 2.75) is 13.0 Å². The van der Waals surface area contributed by atoms with Gasteiger partial charge in [0.25, 0.3) is 0 Å². The van der Waals surface area contributed by atoms with Crippen molar-refractivity contribution < 1.29 is 9.53 Å². The summed E-state index contributed by atoms with van der Waals surface area (Å²) in [5, 5.41) is 5.99. The van der Waals surface area contributed by atoms with E-state index in [9.17, 15) is 4.79 Å². The average molecular weight is 377 g/mol. The number of hydrogen-bond donors (Lipinski definition) is 4. The Labute approximate surface area is 163 Å². The number of aromatic nitrogens is 1. The summed E-state index contributed by atoms with van der Waals surface area (Å²) in [6.45, 7) is 1.98. The summed E-state index contributed by atoms with van der Waals surface area (Å²) in [7, 11) is 0. The second-order valence-corrected chi connectivity index (χ2v) is 6.10. The van der Waals surface area contributed by atoms with E-state index in [1.165, 1.54) is 0 Å². The molecule has 7 nitrogen and oxygen atoms in total. The predicted octanol–water partition coefficient (Wildman–Crippen LogP) is 4.02. The number of nitrogens with one attached hydrogen (secondary N) is 2. The standard InChI is InChI=1S/C21H23N5O2/c1-2-28-21(27)26-17-13-16(18(22)20(23)25-17)24-19(14-9-5-3-6-10-14)15-11-7-4-8-12-15/h3-13,19H,2,22H2,1H3,(H4,23,24,25,26,27). The monoisotopic (exact) mass is 377 g/mol. The quantitative estimate of drug-likeness (QED) is 0.516. The maximum absolute atomic E-state index is 11.7. The Morgan fingerprint density at radius 1 is 1.04 bits per heavy atom. The number of nitrogen functional groups attached to an aromatic ring is 2. The lowest BCUT2D eigenvalue weighted by Crippen LogP contribution is -2.17. The van der Waals surface area contributed by atoms with Gasteiger partial charge in [-0.1, -0.05) is 60.7 Å². The fourth-order valence-electron chi connectivity index (χ4n) is 2.84. The van der Waals surface area contributed by atoms with Crippen molar-refractivity contribution >= 4 is 29.1 Å². The van der Waals surface area contributed by atoms with E-state index in [1.54, 1.807) is 13.0 Å². The third-order valence-corrected chi connectivity index (χ3v) is 4.16. The summed E-state index contributed by atoms with van der Waals surface area (Å²) >= 11 is 0. The lowest BCUT2D eigenvalue weighted by Gasteiger charge is -2.23. The Morgan fingerprint density at radius 3 is 2.14 bits per heavy atom. The van der Waals surface area contributed by atoms with Gasteiger partial charge in [-0.2, -0.15) is 0 Å². The Balaban J connectivity index is 1.96. The van der Waals surface area contributed by atoms with Gasteiger partial charge in [-0.3, -0.25) is 5.32 Å². The molecule has 2 aromatic carbocycles. The van der Waals surface area contributed by atoms with Crippen molar-refractivity contribution in [2.75, 3.05) is 28.7 Å². The maximum Gasteiger partial charge on any atom is 0.412 e. The molecule has 0 aliphatic carbocycles. The van der Waals surface area contributed by atoms with Crippen LogP contribution >= 0.6 is 0 Å². The highest BCUT2D eigenvalue weighted by Crippen LogP contribution is 2.33. The van der Waals surface area contributed by atoms with Gasteiger partial charge in [0.05, 0.1) is 24.0 Å². The van der Waals surface area contributed by atoms with Crippen molar-refractivity contribution in [3.63, 3.8) is 0 Å². The Morgan fingerprint density at radius 2 is 1.61 bits per heavy atom.